The van der Waals surface area contributed by atoms with Crippen LogP contribution in [0.1, 0.15) is 38.7 Å². The zero-order valence-corrected chi connectivity index (χ0v) is 12.4. The summed E-state index contributed by atoms with van der Waals surface area (Å²) in [6.07, 6.45) is -1.32. The molecule has 3 unspecified atom stereocenters. The lowest BCUT2D eigenvalue weighted by Crippen LogP contribution is -2.30. The number of hydrogen-bond acceptors (Lipinski definition) is 1. The Morgan fingerprint density at radius 2 is 1.85 bits per heavy atom. The number of rotatable bonds is 2. The molecule has 0 aromatic heterocycles. The Morgan fingerprint density at radius 1 is 1.15 bits per heavy atom. The highest BCUT2D eigenvalue weighted by Crippen LogP contribution is 2.37. The molecule has 1 aromatic carbocycles. The summed E-state index contributed by atoms with van der Waals surface area (Å²) < 4.78 is 38.4. The van der Waals surface area contributed by atoms with Crippen LogP contribution in [0.3, 0.4) is 0 Å². The van der Waals surface area contributed by atoms with Gasteiger partial charge in [-0.3, -0.25) is 0 Å². The van der Waals surface area contributed by atoms with Crippen molar-refractivity contribution in [2.75, 3.05) is 5.32 Å². The van der Waals surface area contributed by atoms with E-state index in [2.05, 4.69) is 19.2 Å². The maximum absolute atomic E-state index is 12.8. The zero-order chi connectivity index (χ0) is 14.9. The average molecular weight is 306 g/mol. The lowest BCUT2D eigenvalue weighted by Gasteiger charge is -2.33. The molecule has 0 spiro atoms. The smallest absolute Gasteiger partial charge is 0.382 e. The number of benzene rings is 1. The molecule has 1 N–H and O–H groups in total. The highest BCUT2D eigenvalue weighted by atomic mass is 35.5. The van der Waals surface area contributed by atoms with E-state index in [0.717, 1.165) is 25.3 Å². The van der Waals surface area contributed by atoms with Crippen molar-refractivity contribution in [3.8, 4) is 0 Å². The second-order valence-electron chi connectivity index (χ2n) is 5.80. The van der Waals surface area contributed by atoms with Gasteiger partial charge < -0.3 is 5.32 Å². The first kappa shape index (κ1) is 15.5. The minimum absolute atomic E-state index is 0.239. The molecule has 1 aromatic rings. The van der Waals surface area contributed by atoms with Gasteiger partial charge in [0.1, 0.15) is 0 Å². The molecule has 0 aliphatic heterocycles. The number of halogens is 4. The average Bonchev–Trinajstić information content (AvgIpc) is 2.35. The third-order valence-corrected chi connectivity index (χ3v) is 4.57. The Hall–Kier alpha value is -0.900. The van der Waals surface area contributed by atoms with Crippen LogP contribution in [-0.4, -0.2) is 6.04 Å². The van der Waals surface area contributed by atoms with Crippen molar-refractivity contribution in [2.45, 2.75) is 45.3 Å². The van der Waals surface area contributed by atoms with Gasteiger partial charge in [-0.05, 0) is 49.3 Å². The Balaban J connectivity index is 2.11. The van der Waals surface area contributed by atoms with E-state index in [0.29, 0.717) is 17.5 Å². The van der Waals surface area contributed by atoms with Crippen molar-refractivity contribution in [1.82, 2.24) is 0 Å². The van der Waals surface area contributed by atoms with E-state index in [-0.39, 0.29) is 11.1 Å². The van der Waals surface area contributed by atoms with Crippen LogP contribution in [0.25, 0.3) is 0 Å². The molecular formula is C15H19ClF3N. The van der Waals surface area contributed by atoms with Crippen LogP contribution in [0, 0.1) is 11.8 Å². The van der Waals surface area contributed by atoms with Crippen molar-refractivity contribution >= 4 is 17.3 Å². The predicted octanol–water partition coefficient (Wildman–Crippen LogP) is 5.60. The van der Waals surface area contributed by atoms with Crippen molar-refractivity contribution in [3.63, 3.8) is 0 Å². The summed E-state index contributed by atoms with van der Waals surface area (Å²) in [7, 11) is 0. The topological polar surface area (TPSA) is 12.0 Å². The second kappa shape index (κ2) is 5.84. The van der Waals surface area contributed by atoms with Crippen LogP contribution in [0.5, 0.6) is 0 Å². The van der Waals surface area contributed by atoms with Gasteiger partial charge in [-0.1, -0.05) is 25.4 Å². The molecule has 1 saturated carbocycles. The summed E-state index contributed by atoms with van der Waals surface area (Å²) in [5.74, 6) is 1.28. The molecule has 0 heterocycles. The van der Waals surface area contributed by atoms with Crippen LogP contribution < -0.4 is 5.32 Å². The minimum atomic E-state index is -4.41. The number of nitrogens with one attached hydrogen (secondary N) is 1. The van der Waals surface area contributed by atoms with Crippen molar-refractivity contribution in [2.24, 2.45) is 11.8 Å². The molecule has 0 amide bonds. The van der Waals surface area contributed by atoms with Crippen LogP contribution in [-0.2, 0) is 6.18 Å². The summed E-state index contributed by atoms with van der Waals surface area (Å²) in [5.41, 5.74) is -0.283. The maximum Gasteiger partial charge on any atom is 0.417 e. The highest BCUT2D eigenvalue weighted by molar-refractivity contribution is 6.31. The normalized spacial score (nSPS) is 27.4. The molecule has 20 heavy (non-hydrogen) atoms. The van der Waals surface area contributed by atoms with Crippen LogP contribution >= 0.6 is 11.6 Å². The molecule has 112 valence electrons. The fraction of sp³-hybridized carbons (Fsp3) is 0.600. The number of hydrogen-bond donors (Lipinski definition) is 1. The molecule has 3 atom stereocenters. The van der Waals surface area contributed by atoms with E-state index in [1.165, 1.54) is 6.07 Å². The summed E-state index contributed by atoms with van der Waals surface area (Å²) in [6, 6.07) is 4.26. The fourth-order valence-electron chi connectivity index (χ4n) is 2.75. The molecule has 5 heteroatoms. The lowest BCUT2D eigenvalue weighted by atomic mass is 9.79. The third-order valence-electron chi connectivity index (χ3n) is 4.24. The monoisotopic (exact) mass is 305 g/mol. The van der Waals surface area contributed by atoms with E-state index >= 15 is 0 Å². The molecule has 0 radical (unpaired) electrons. The molecule has 1 aliphatic carbocycles. The Bertz CT molecular complexity index is 473. The van der Waals surface area contributed by atoms with Gasteiger partial charge in [-0.15, -0.1) is 0 Å². The first-order valence-electron chi connectivity index (χ1n) is 6.90. The highest BCUT2D eigenvalue weighted by Gasteiger charge is 2.33. The van der Waals surface area contributed by atoms with Crippen molar-refractivity contribution in [3.05, 3.63) is 28.8 Å². The molecule has 1 fully saturated rings. The van der Waals surface area contributed by atoms with Gasteiger partial charge in [0.05, 0.1) is 10.6 Å². The fourth-order valence-corrected chi connectivity index (χ4v) is 2.97. The molecule has 1 aliphatic rings. The first-order chi connectivity index (χ1) is 9.27. The first-order valence-corrected chi connectivity index (χ1v) is 7.28. The Morgan fingerprint density at radius 3 is 2.45 bits per heavy atom. The molecule has 0 saturated heterocycles. The summed E-state index contributed by atoms with van der Waals surface area (Å²) in [4.78, 5) is 0. The maximum atomic E-state index is 12.8. The third kappa shape index (κ3) is 3.60. The van der Waals surface area contributed by atoms with Gasteiger partial charge >= 0.3 is 6.18 Å². The standard InChI is InChI=1S/C15H19ClF3N/c1-9-3-4-11(7-10(9)2)20-12-5-6-14(16)13(8-12)15(17,18)19/h5-6,8-11,20H,3-4,7H2,1-2H3. The largest absolute Gasteiger partial charge is 0.417 e. The van der Waals surface area contributed by atoms with E-state index in [1.54, 1.807) is 6.07 Å². The summed E-state index contributed by atoms with van der Waals surface area (Å²) >= 11 is 5.62. The van der Waals surface area contributed by atoms with Gasteiger partial charge in [-0.2, -0.15) is 13.2 Å². The van der Waals surface area contributed by atoms with Gasteiger partial charge in [-0.25, -0.2) is 0 Å². The van der Waals surface area contributed by atoms with Gasteiger partial charge in [0.2, 0.25) is 0 Å². The summed E-state index contributed by atoms with van der Waals surface area (Å²) in [5, 5.41) is 2.96. The number of alkyl halides is 3. The Labute approximate surface area is 122 Å². The quantitative estimate of drug-likeness (QED) is 0.750. The molecular weight excluding hydrogens is 287 g/mol. The zero-order valence-electron chi connectivity index (χ0n) is 11.6. The second-order valence-corrected chi connectivity index (χ2v) is 6.21. The van der Waals surface area contributed by atoms with E-state index in [9.17, 15) is 13.2 Å². The van der Waals surface area contributed by atoms with Crippen LogP contribution in [0.4, 0.5) is 18.9 Å². The predicted molar refractivity (Wildman–Crippen MR) is 76.0 cm³/mol. The van der Waals surface area contributed by atoms with E-state index in [4.69, 9.17) is 11.6 Å². The van der Waals surface area contributed by atoms with Gasteiger partial charge in [0.25, 0.3) is 0 Å². The lowest BCUT2D eigenvalue weighted by molar-refractivity contribution is -0.137. The van der Waals surface area contributed by atoms with Gasteiger partial charge in [0.15, 0.2) is 0 Å². The van der Waals surface area contributed by atoms with Crippen LogP contribution in [0.2, 0.25) is 5.02 Å². The molecule has 0 bridgehead atoms. The Kier molecular flexibility index (Phi) is 4.52. The van der Waals surface area contributed by atoms with Gasteiger partial charge in [0, 0.05) is 11.7 Å². The van der Waals surface area contributed by atoms with Crippen molar-refractivity contribution < 1.29 is 13.2 Å². The molecule has 2 rings (SSSR count). The van der Waals surface area contributed by atoms with Crippen molar-refractivity contribution in [1.29, 1.82) is 0 Å². The number of anilines is 1. The van der Waals surface area contributed by atoms with E-state index in [1.807, 2.05) is 0 Å². The van der Waals surface area contributed by atoms with Crippen LogP contribution in [0.15, 0.2) is 18.2 Å². The van der Waals surface area contributed by atoms with E-state index < -0.39 is 11.7 Å². The minimum Gasteiger partial charge on any atom is -0.382 e. The molecule has 1 nitrogen and oxygen atoms in total. The summed E-state index contributed by atoms with van der Waals surface area (Å²) in [6.45, 7) is 4.42. The SMILES string of the molecule is CC1CCC(Nc2ccc(Cl)c(C(F)(F)F)c2)CC1C.